The number of hydrogen-bond donors (Lipinski definition) is 3. The number of terminal acetylenes is 1. The van der Waals surface area contributed by atoms with Crippen molar-refractivity contribution < 1.29 is 19.4 Å². The van der Waals surface area contributed by atoms with E-state index in [4.69, 9.17) is 21.5 Å². The van der Waals surface area contributed by atoms with Gasteiger partial charge in [-0.3, -0.25) is 0 Å². The van der Waals surface area contributed by atoms with Gasteiger partial charge in [0.25, 0.3) is 0 Å². The highest BCUT2D eigenvalue weighted by Gasteiger charge is 2.20. The number of amides is 2. The molecule has 1 rings (SSSR count). The Bertz CT molecular complexity index is 628. The van der Waals surface area contributed by atoms with E-state index in [9.17, 15) is 9.59 Å². The lowest BCUT2D eigenvalue weighted by atomic mass is 10.2. The molecule has 1 aromatic rings. The number of nitriles is 1. The molecule has 21 heavy (non-hydrogen) atoms. The molecular formula is C14H13N3O4. The molecule has 3 N–H and O–H groups in total. The molecule has 7 heteroatoms. The zero-order chi connectivity index (χ0) is 15.8. The van der Waals surface area contributed by atoms with E-state index in [0.717, 1.165) is 0 Å². The number of carboxylic acid groups (broad SMARTS) is 1. The van der Waals surface area contributed by atoms with Crippen LogP contribution in [0.4, 0.5) is 10.5 Å². The van der Waals surface area contributed by atoms with Gasteiger partial charge in [0.05, 0.1) is 12.7 Å². The van der Waals surface area contributed by atoms with Crippen molar-refractivity contribution in [3.05, 3.63) is 23.8 Å². The predicted octanol–water partition coefficient (Wildman–Crippen LogP) is 1.16. The molecule has 1 atom stereocenters. The second-order valence-corrected chi connectivity index (χ2v) is 3.89. The van der Waals surface area contributed by atoms with Gasteiger partial charge >= 0.3 is 12.0 Å². The number of anilines is 1. The van der Waals surface area contributed by atoms with E-state index in [2.05, 4.69) is 16.6 Å². The molecule has 0 spiro atoms. The summed E-state index contributed by atoms with van der Waals surface area (Å²) in [5.74, 6) is 1.20. The number of para-hydroxylation sites is 1. The van der Waals surface area contributed by atoms with Crippen molar-refractivity contribution in [1.82, 2.24) is 5.32 Å². The Labute approximate surface area is 121 Å². The van der Waals surface area contributed by atoms with E-state index in [1.807, 2.05) is 6.07 Å². The third kappa shape index (κ3) is 4.15. The van der Waals surface area contributed by atoms with Crippen molar-refractivity contribution in [2.75, 3.05) is 12.4 Å². The number of urea groups is 1. The summed E-state index contributed by atoms with van der Waals surface area (Å²) in [5, 5.41) is 22.5. The maximum atomic E-state index is 11.8. The van der Waals surface area contributed by atoms with Crippen molar-refractivity contribution in [2.45, 2.75) is 12.5 Å². The highest BCUT2D eigenvalue weighted by Crippen LogP contribution is 2.27. The van der Waals surface area contributed by atoms with E-state index in [-0.39, 0.29) is 23.4 Å². The summed E-state index contributed by atoms with van der Waals surface area (Å²) in [4.78, 5) is 22.7. The molecule has 0 aliphatic rings. The van der Waals surface area contributed by atoms with Gasteiger partial charge in [-0.1, -0.05) is 6.07 Å². The average Bonchev–Trinajstić information content (AvgIpc) is 2.46. The van der Waals surface area contributed by atoms with Crippen LogP contribution >= 0.6 is 0 Å². The number of benzene rings is 1. The fraction of sp³-hybridized carbons (Fsp3) is 0.214. The van der Waals surface area contributed by atoms with Crippen LogP contribution < -0.4 is 15.4 Å². The molecule has 0 aliphatic carbocycles. The number of nitrogens with zero attached hydrogens (tertiary/aromatic N) is 1. The van der Waals surface area contributed by atoms with Crippen LogP contribution in [0, 0.1) is 23.7 Å². The fourth-order valence-electron chi connectivity index (χ4n) is 1.55. The smallest absolute Gasteiger partial charge is 0.327 e. The van der Waals surface area contributed by atoms with Crippen molar-refractivity contribution in [3.8, 4) is 24.2 Å². The molecule has 7 nitrogen and oxygen atoms in total. The quantitative estimate of drug-likeness (QED) is 0.704. The first-order valence-corrected chi connectivity index (χ1v) is 5.84. The number of methoxy groups -OCH3 is 1. The van der Waals surface area contributed by atoms with Crippen LogP contribution in [0.15, 0.2) is 18.2 Å². The zero-order valence-electron chi connectivity index (χ0n) is 11.2. The van der Waals surface area contributed by atoms with Crippen molar-refractivity contribution >= 4 is 17.7 Å². The second kappa shape index (κ2) is 7.41. The first kappa shape index (κ1) is 15.9. The van der Waals surface area contributed by atoms with Gasteiger partial charge in [0.2, 0.25) is 0 Å². The van der Waals surface area contributed by atoms with Crippen LogP contribution in [-0.4, -0.2) is 30.3 Å². The lowest BCUT2D eigenvalue weighted by Gasteiger charge is -2.15. The molecule has 1 aromatic carbocycles. The number of carboxylic acids is 1. The number of aliphatic carboxylic acids is 1. The molecule has 0 fully saturated rings. The van der Waals surface area contributed by atoms with Gasteiger partial charge < -0.3 is 20.5 Å². The van der Waals surface area contributed by atoms with Gasteiger partial charge in [0.1, 0.15) is 23.5 Å². The molecule has 0 aliphatic heterocycles. The SMILES string of the molecule is C#CCC(NC(=O)Nc1c(C#N)cccc1OC)C(=O)O. The molecule has 0 saturated carbocycles. The Morgan fingerprint density at radius 1 is 1.52 bits per heavy atom. The number of rotatable bonds is 5. The monoisotopic (exact) mass is 287 g/mol. The Balaban J connectivity index is 2.91. The molecule has 108 valence electrons. The maximum Gasteiger partial charge on any atom is 0.327 e. The maximum absolute atomic E-state index is 11.8. The Morgan fingerprint density at radius 3 is 2.76 bits per heavy atom. The first-order chi connectivity index (χ1) is 10.0. The molecule has 0 aromatic heterocycles. The Hall–Kier alpha value is -3.19. The lowest BCUT2D eigenvalue weighted by molar-refractivity contribution is -0.139. The molecule has 0 heterocycles. The van der Waals surface area contributed by atoms with Crippen LogP contribution in [0.3, 0.4) is 0 Å². The first-order valence-electron chi connectivity index (χ1n) is 5.84. The Kier molecular flexibility index (Phi) is 5.60. The standard InChI is InChI=1S/C14H13N3O4/c1-3-5-10(13(18)19)16-14(20)17-12-9(8-15)6-4-7-11(12)21-2/h1,4,6-7,10H,5H2,2H3,(H,18,19)(H2,16,17,20). The van der Waals surface area contributed by atoms with Gasteiger partial charge in [0, 0.05) is 6.42 Å². The second-order valence-electron chi connectivity index (χ2n) is 3.89. The van der Waals surface area contributed by atoms with Gasteiger partial charge in [0.15, 0.2) is 0 Å². The fourth-order valence-corrected chi connectivity index (χ4v) is 1.55. The predicted molar refractivity (Wildman–Crippen MR) is 74.7 cm³/mol. The van der Waals surface area contributed by atoms with E-state index in [0.29, 0.717) is 0 Å². The van der Waals surface area contributed by atoms with Crippen molar-refractivity contribution in [1.29, 1.82) is 5.26 Å². The van der Waals surface area contributed by atoms with Gasteiger partial charge in [-0.05, 0) is 12.1 Å². The van der Waals surface area contributed by atoms with E-state index < -0.39 is 18.0 Å². The van der Waals surface area contributed by atoms with Crippen LogP contribution in [0.5, 0.6) is 5.75 Å². The van der Waals surface area contributed by atoms with Gasteiger partial charge in [-0.25, -0.2) is 9.59 Å². The molecule has 0 radical (unpaired) electrons. The van der Waals surface area contributed by atoms with Crippen molar-refractivity contribution in [3.63, 3.8) is 0 Å². The highest BCUT2D eigenvalue weighted by atomic mass is 16.5. The number of ether oxygens (including phenoxy) is 1. The van der Waals surface area contributed by atoms with Crippen molar-refractivity contribution in [2.24, 2.45) is 0 Å². The number of carbonyl (C=O) groups is 2. The van der Waals surface area contributed by atoms with Gasteiger partial charge in [-0.2, -0.15) is 5.26 Å². The summed E-state index contributed by atoms with van der Waals surface area (Å²) >= 11 is 0. The summed E-state index contributed by atoms with van der Waals surface area (Å²) in [6, 6.07) is 4.55. The molecule has 1 unspecified atom stereocenters. The summed E-state index contributed by atoms with van der Waals surface area (Å²) in [5.41, 5.74) is 0.346. The third-order valence-corrected chi connectivity index (χ3v) is 2.53. The molecule has 0 saturated heterocycles. The number of hydrogen-bond acceptors (Lipinski definition) is 4. The lowest BCUT2D eigenvalue weighted by Crippen LogP contribution is -2.42. The minimum atomic E-state index is -1.25. The van der Waals surface area contributed by atoms with E-state index in [1.165, 1.54) is 13.2 Å². The summed E-state index contributed by atoms with van der Waals surface area (Å²) in [7, 11) is 1.39. The summed E-state index contributed by atoms with van der Waals surface area (Å²) < 4.78 is 5.05. The minimum absolute atomic E-state index is 0.153. The molecule has 2 amide bonds. The largest absolute Gasteiger partial charge is 0.495 e. The van der Waals surface area contributed by atoms with E-state index in [1.54, 1.807) is 12.1 Å². The zero-order valence-corrected chi connectivity index (χ0v) is 11.2. The summed E-state index contributed by atoms with van der Waals surface area (Å²) in [6.07, 6.45) is 4.89. The van der Waals surface area contributed by atoms with Crippen LogP contribution in [0.25, 0.3) is 0 Å². The molecule has 0 bridgehead atoms. The molecular weight excluding hydrogens is 274 g/mol. The summed E-state index contributed by atoms with van der Waals surface area (Å²) in [6.45, 7) is 0. The minimum Gasteiger partial charge on any atom is -0.495 e. The van der Waals surface area contributed by atoms with Crippen LogP contribution in [0.2, 0.25) is 0 Å². The van der Waals surface area contributed by atoms with Crippen LogP contribution in [-0.2, 0) is 4.79 Å². The third-order valence-electron chi connectivity index (χ3n) is 2.53. The average molecular weight is 287 g/mol. The normalized spacial score (nSPS) is 10.6. The Morgan fingerprint density at radius 2 is 2.24 bits per heavy atom. The van der Waals surface area contributed by atoms with E-state index >= 15 is 0 Å². The van der Waals surface area contributed by atoms with Crippen LogP contribution in [0.1, 0.15) is 12.0 Å². The number of carbonyl (C=O) groups excluding carboxylic acids is 1. The topological polar surface area (TPSA) is 111 Å². The number of nitrogens with one attached hydrogen (secondary N) is 2. The van der Waals surface area contributed by atoms with Gasteiger partial charge in [-0.15, -0.1) is 12.3 Å². The highest BCUT2D eigenvalue weighted by molar-refractivity contribution is 5.95.